The Morgan fingerprint density at radius 1 is 1.50 bits per heavy atom. The molecular weight excluding hydrogens is 156 g/mol. The number of nitrogens with one attached hydrogen (secondary N) is 1. The molecule has 1 rings (SSSR count). The van der Waals surface area contributed by atoms with E-state index in [1.807, 2.05) is 13.8 Å². The summed E-state index contributed by atoms with van der Waals surface area (Å²) in [5, 5.41) is 2.27. The molecule has 3 amide bonds. The molecule has 68 valence electrons. The zero-order valence-electron chi connectivity index (χ0n) is 7.63. The summed E-state index contributed by atoms with van der Waals surface area (Å²) >= 11 is 0. The van der Waals surface area contributed by atoms with Crippen LogP contribution in [0.15, 0.2) is 0 Å². The Balaban J connectivity index is 2.63. The van der Waals surface area contributed by atoms with E-state index < -0.39 is 0 Å². The molecule has 1 atom stereocenters. The second-order valence-corrected chi connectivity index (χ2v) is 3.55. The molecule has 0 aliphatic carbocycles. The molecule has 0 aromatic heterocycles. The minimum atomic E-state index is -0.286. The lowest BCUT2D eigenvalue weighted by molar-refractivity contribution is -0.121. The van der Waals surface area contributed by atoms with Crippen molar-refractivity contribution < 1.29 is 9.59 Å². The normalized spacial score (nSPS) is 23.7. The fourth-order valence-electron chi connectivity index (χ4n) is 1.31. The molecule has 12 heavy (non-hydrogen) atoms. The van der Waals surface area contributed by atoms with Crippen LogP contribution in [0.3, 0.4) is 0 Å². The maximum atomic E-state index is 11.2. The summed E-state index contributed by atoms with van der Waals surface area (Å²) in [4.78, 5) is 23.6. The summed E-state index contributed by atoms with van der Waals surface area (Å²) < 4.78 is 0. The molecule has 0 saturated carbocycles. The van der Waals surface area contributed by atoms with Gasteiger partial charge in [0.15, 0.2) is 0 Å². The van der Waals surface area contributed by atoms with Gasteiger partial charge in [-0.1, -0.05) is 13.8 Å². The number of rotatable bonds is 2. The van der Waals surface area contributed by atoms with Crippen LogP contribution in [-0.2, 0) is 4.79 Å². The molecule has 0 aromatic rings. The zero-order chi connectivity index (χ0) is 9.30. The van der Waals surface area contributed by atoms with Crippen molar-refractivity contribution in [2.75, 3.05) is 7.05 Å². The van der Waals surface area contributed by atoms with E-state index in [1.54, 1.807) is 7.05 Å². The monoisotopic (exact) mass is 170 g/mol. The molecule has 1 saturated heterocycles. The lowest BCUT2D eigenvalue weighted by Gasteiger charge is -2.17. The summed E-state index contributed by atoms with van der Waals surface area (Å²) in [5.41, 5.74) is 0. The highest BCUT2D eigenvalue weighted by Gasteiger charge is 2.35. The van der Waals surface area contributed by atoms with Crippen molar-refractivity contribution >= 4 is 11.9 Å². The first-order valence-electron chi connectivity index (χ1n) is 4.10. The maximum Gasteiger partial charge on any atom is 0.324 e. The van der Waals surface area contributed by atoms with Crippen molar-refractivity contribution in [1.29, 1.82) is 0 Å². The Morgan fingerprint density at radius 3 is 2.42 bits per heavy atom. The van der Waals surface area contributed by atoms with Crippen molar-refractivity contribution in [3.8, 4) is 0 Å². The Bertz CT molecular complexity index is 213. The van der Waals surface area contributed by atoms with Gasteiger partial charge in [0.05, 0.1) is 0 Å². The average Bonchev–Trinajstić information content (AvgIpc) is 2.16. The van der Waals surface area contributed by atoms with E-state index in [0.717, 1.165) is 6.42 Å². The van der Waals surface area contributed by atoms with E-state index in [-0.39, 0.29) is 18.0 Å². The second kappa shape index (κ2) is 3.13. The van der Waals surface area contributed by atoms with Crippen LogP contribution >= 0.6 is 0 Å². The van der Waals surface area contributed by atoms with Crippen LogP contribution in [0.1, 0.15) is 20.3 Å². The largest absolute Gasteiger partial charge is 0.324 e. The number of hydrogen-bond acceptors (Lipinski definition) is 2. The van der Waals surface area contributed by atoms with Gasteiger partial charge in [-0.25, -0.2) is 4.79 Å². The number of imide groups is 1. The van der Waals surface area contributed by atoms with Gasteiger partial charge in [-0.15, -0.1) is 0 Å². The number of carbonyl (C=O) groups is 2. The second-order valence-electron chi connectivity index (χ2n) is 3.55. The summed E-state index contributed by atoms with van der Waals surface area (Å²) in [6, 6.07) is -0.553. The molecular formula is C8H14N2O2. The van der Waals surface area contributed by atoms with Gasteiger partial charge in [-0.3, -0.25) is 10.1 Å². The third kappa shape index (κ3) is 1.57. The third-order valence-electron chi connectivity index (χ3n) is 2.02. The Labute approximate surface area is 71.9 Å². The van der Waals surface area contributed by atoms with Crippen molar-refractivity contribution in [2.24, 2.45) is 5.92 Å². The van der Waals surface area contributed by atoms with Crippen LogP contribution in [0.2, 0.25) is 0 Å². The molecule has 1 aliphatic heterocycles. The molecule has 0 aromatic carbocycles. The first kappa shape index (κ1) is 9.03. The minimum Gasteiger partial charge on any atom is -0.315 e. The molecule has 0 radical (unpaired) electrons. The van der Waals surface area contributed by atoms with Crippen LogP contribution in [0, 0.1) is 5.92 Å². The number of hydrogen-bond donors (Lipinski definition) is 1. The van der Waals surface area contributed by atoms with Gasteiger partial charge in [0.25, 0.3) is 5.91 Å². The number of amides is 3. The highest BCUT2D eigenvalue weighted by Crippen LogP contribution is 2.14. The summed E-state index contributed by atoms with van der Waals surface area (Å²) in [7, 11) is 1.65. The van der Waals surface area contributed by atoms with E-state index in [0.29, 0.717) is 5.92 Å². The molecule has 1 heterocycles. The Morgan fingerprint density at radius 2 is 2.08 bits per heavy atom. The van der Waals surface area contributed by atoms with Crippen molar-refractivity contribution in [1.82, 2.24) is 10.2 Å². The smallest absolute Gasteiger partial charge is 0.315 e. The molecule has 1 unspecified atom stereocenters. The molecule has 1 aliphatic rings. The van der Waals surface area contributed by atoms with E-state index >= 15 is 0 Å². The number of carbonyl (C=O) groups excluding carboxylic acids is 2. The molecule has 4 nitrogen and oxygen atoms in total. The van der Waals surface area contributed by atoms with Crippen LogP contribution < -0.4 is 5.32 Å². The molecule has 0 bridgehead atoms. The van der Waals surface area contributed by atoms with Crippen molar-refractivity contribution in [3.05, 3.63) is 0 Å². The molecule has 4 heteroatoms. The van der Waals surface area contributed by atoms with Crippen LogP contribution in [0.5, 0.6) is 0 Å². The highest BCUT2D eigenvalue weighted by atomic mass is 16.2. The van der Waals surface area contributed by atoms with E-state index in [4.69, 9.17) is 0 Å². The maximum absolute atomic E-state index is 11.2. The first-order valence-corrected chi connectivity index (χ1v) is 4.10. The molecule has 1 N–H and O–H groups in total. The standard InChI is InChI=1S/C8H14N2O2/c1-5(2)4-6-7(11)9-8(12)10(6)3/h5-6H,4H2,1-3H3,(H,9,11,12). The van der Waals surface area contributed by atoms with E-state index in [9.17, 15) is 9.59 Å². The fourth-order valence-corrected chi connectivity index (χ4v) is 1.31. The van der Waals surface area contributed by atoms with Crippen molar-refractivity contribution in [2.45, 2.75) is 26.3 Å². The van der Waals surface area contributed by atoms with Crippen LogP contribution in [-0.4, -0.2) is 29.9 Å². The van der Waals surface area contributed by atoms with Gasteiger partial charge >= 0.3 is 6.03 Å². The third-order valence-corrected chi connectivity index (χ3v) is 2.02. The minimum absolute atomic E-state index is 0.170. The SMILES string of the molecule is CC(C)CC1C(=O)NC(=O)N1C. The summed E-state index contributed by atoms with van der Waals surface area (Å²) in [5.74, 6) is 0.255. The van der Waals surface area contributed by atoms with Gasteiger partial charge in [0.2, 0.25) is 0 Å². The topological polar surface area (TPSA) is 49.4 Å². The summed E-state index contributed by atoms with van der Waals surface area (Å²) in [6.45, 7) is 4.06. The number of urea groups is 1. The van der Waals surface area contributed by atoms with Gasteiger partial charge in [-0.2, -0.15) is 0 Å². The fraction of sp³-hybridized carbons (Fsp3) is 0.750. The summed E-state index contributed by atoms with van der Waals surface area (Å²) in [6.07, 6.45) is 0.730. The zero-order valence-corrected chi connectivity index (χ0v) is 7.63. The highest BCUT2D eigenvalue weighted by molar-refractivity contribution is 6.03. The number of likely N-dealkylation sites (N-methyl/N-ethyl adjacent to an activating group) is 1. The molecule has 1 fully saturated rings. The predicted molar refractivity (Wildman–Crippen MR) is 44.5 cm³/mol. The van der Waals surface area contributed by atoms with Gasteiger partial charge in [-0.05, 0) is 12.3 Å². The lowest BCUT2D eigenvalue weighted by atomic mass is 10.0. The van der Waals surface area contributed by atoms with Crippen LogP contribution in [0.25, 0.3) is 0 Å². The van der Waals surface area contributed by atoms with Crippen molar-refractivity contribution in [3.63, 3.8) is 0 Å². The Hall–Kier alpha value is -1.06. The first-order chi connectivity index (χ1) is 5.52. The molecule has 0 spiro atoms. The van der Waals surface area contributed by atoms with Gasteiger partial charge in [0.1, 0.15) is 6.04 Å². The predicted octanol–water partition coefficient (Wildman–Crippen LogP) is 0.583. The van der Waals surface area contributed by atoms with Gasteiger partial charge < -0.3 is 4.90 Å². The Kier molecular flexibility index (Phi) is 2.35. The van der Waals surface area contributed by atoms with Crippen LogP contribution in [0.4, 0.5) is 4.79 Å². The number of nitrogens with zero attached hydrogens (tertiary/aromatic N) is 1. The average molecular weight is 170 g/mol. The van der Waals surface area contributed by atoms with E-state index in [2.05, 4.69) is 5.32 Å². The quantitative estimate of drug-likeness (QED) is 0.616. The lowest BCUT2D eigenvalue weighted by Crippen LogP contribution is -2.32. The van der Waals surface area contributed by atoms with E-state index in [1.165, 1.54) is 4.90 Å². The van der Waals surface area contributed by atoms with Gasteiger partial charge in [0, 0.05) is 7.05 Å².